The third-order valence-electron chi connectivity index (χ3n) is 5.43. The minimum atomic E-state index is -0.304. The summed E-state index contributed by atoms with van der Waals surface area (Å²) in [5.41, 5.74) is 1.69. The van der Waals surface area contributed by atoms with Gasteiger partial charge in [0.15, 0.2) is 0 Å². The van der Waals surface area contributed by atoms with Crippen molar-refractivity contribution in [2.75, 3.05) is 13.2 Å². The van der Waals surface area contributed by atoms with E-state index in [1.54, 1.807) is 12.5 Å². The fourth-order valence-corrected chi connectivity index (χ4v) is 3.54. The molecule has 24 heavy (non-hydrogen) atoms. The van der Waals surface area contributed by atoms with Crippen LogP contribution in [0.3, 0.4) is 0 Å². The second-order valence-electron chi connectivity index (χ2n) is 6.89. The fourth-order valence-electron chi connectivity index (χ4n) is 3.54. The summed E-state index contributed by atoms with van der Waals surface area (Å²) in [6.07, 6.45) is 6.93. The Balaban J connectivity index is 1.46. The van der Waals surface area contributed by atoms with Crippen LogP contribution in [0.2, 0.25) is 0 Å². The van der Waals surface area contributed by atoms with Gasteiger partial charge in [0.25, 0.3) is 0 Å². The number of epoxide rings is 1. The van der Waals surface area contributed by atoms with E-state index >= 15 is 0 Å². The topological polar surface area (TPSA) is 56.7 Å². The Kier molecular flexibility index (Phi) is 3.88. The summed E-state index contributed by atoms with van der Waals surface area (Å²) in [5.74, 6) is -0.304. The molecule has 126 valence electrons. The van der Waals surface area contributed by atoms with Gasteiger partial charge in [-0.25, -0.2) is 9.78 Å². The zero-order chi connectivity index (χ0) is 16.6. The van der Waals surface area contributed by atoms with E-state index in [1.165, 1.54) is 6.42 Å². The van der Waals surface area contributed by atoms with Gasteiger partial charge in [-0.3, -0.25) is 0 Å². The highest BCUT2D eigenvalue weighted by molar-refractivity contribution is 5.87. The average Bonchev–Trinajstić information content (AvgIpc) is 3.30. The molecule has 0 radical (unpaired) electrons. The molecule has 0 spiro atoms. The molecule has 2 unspecified atom stereocenters. The fraction of sp³-hybridized carbons (Fsp3) is 0.474. The molecule has 5 nitrogen and oxygen atoms in total. The molecule has 1 aromatic heterocycles. The van der Waals surface area contributed by atoms with Gasteiger partial charge in [0.1, 0.15) is 5.69 Å². The predicted molar refractivity (Wildman–Crippen MR) is 88.8 cm³/mol. The van der Waals surface area contributed by atoms with Crippen LogP contribution in [-0.4, -0.2) is 34.8 Å². The van der Waals surface area contributed by atoms with E-state index in [-0.39, 0.29) is 23.5 Å². The van der Waals surface area contributed by atoms with Crippen molar-refractivity contribution in [3.63, 3.8) is 0 Å². The summed E-state index contributed by atoms with van der Waals surface area (Å²) < 4.78 is 13.0. The first kappa shape index (κ1) is 15.4. The molecular formula is C19H22N2O3. The number of hydrogen-bond acceptors (Lipinski definition) is 4. The Morgan fingerprint density at radius 2 is 2.17 bits per heavy atom. The van der Waals surface area contributed by atoms with Crippen LogP contribution in [0.5, 0.6) is 0 Å². The third-order valence-corrected chi connectivity index (χ3v) is 5.43. The van der Waals surface area contributed by atoms with Crippen molar-refractivity contribution in [1.29, 1.82) is 0 Å². The first-order chi connectivity index (χ1) is 11.7. The molecule has 0 bridgehead atoms. The number of rotatable bonds is 6. The number of aromatic nitrogens is 2. The van der Waals surface area contributed by atoms with Gasteiger partial charge in [0, 0.05) is 5.41 Å². The highest BCUT2D eigenvalue weighted by Crippen LogP contribution is 2.49. The highest BCUT2D eigenvalue weighted by Gasteiger charge is 2.51. The van der Waals surface area contributed by atoms with Gasteiger partial charge in [0.2, 0.25) is 0 Å². The Bertz CT molecular complexity index is 717. The number of esters is 1. The molecule has 2 fully saturated rings. The maximum absolute atomic E-state index is 12.6. The molecule has 2 aromatic rings. The summed E-state index contributed by atoms with van der Waals surface area (Å²) in [6.45, 7) is 3.31. The first-order valence-electron chi connectivity index (χ1n) is 8.55. The van der Waals surface area contributed by atoms with Crippen LogP contribution in [-0.2, 0) is 9.47 Å². The van der Waals surface area contributed by atoms with Crippen LogP contribution in [0.15, 0.2) is 42.9 Å². The lowest BCUT2D eigenvalue weighted by atomic mass is 9.67. The van der Waals surface area contributed by atoms with Crippen molar-refractivity contribution in [1.82, 2.24) is 9.55 Å². The molecular weight excluding hydrogens is 304 g/mol. The molecule has 2 aliphatic rings. The quantitative estimate of drug-likeness (QED) is 0.604. The summed E-state index contributed by atoms with van der Waals surface area (Å²) in [7, 11) is 0. The molecule has 1 aromatic carbocycles. The Hall–Kier alpha value is -2.14. The van der Waals surface area contributed by atoms with Gasteiger partial charge >= 0.3 is 5.97 Å². The van der Waals surface area contributed by atoms with E-state index in [1.807, 2.05) is 34.9 Å². The van der Waals surface area contributed by atoms with Crippen LogP contribution < -0.4 is 0 Å². The molecule has 2 heterocycles. The van der Waals surface area contributed by atoms with Crippen LogP contribution in [0, 0.1) is 5.41 Å². The predicted octanol–water partition coefficient (Wildman–Crippen LogP) is 3.22. The number of nitrogens with zero attached hydrogens (tertiary/aromatic N) is 2. The normalized spacial score (nSPS) is 22.5. The van der Waals surface area contributed by atoms with E-state index in [4.69, 9.17) is 9.47 Å². The molecule has 0 N–H and O–H groups in total. The lowest BCUT2D eigenvalue weighted by Gasteiger charge is -2.39. The monoisotopic (exact) mass is 326 g/mol. The van der Waals surface area contributed by atoms with Crippen molar-refractivity contribution in [3.8, 4) is 0 Å². The van der Waals surface area contributed by atoms with Crippen LogP contribution in [0.4, 0.5) is 0 Å². The second-order valence-corrected chi connectivity index (χ2v) is 6.89. The minimum absolute atomic E-state index is 0.0284. The molecule has 4 rings (SSSR count). The molecule has 2 atom stereocenters. The maximum atomic E-state index is 12.6. The van der Waals surface area contributed by atoms with Crippen LogP contribution in [0.1, 0.15) is 48.3 Å². The van der Waals surface area contributed by atoms with Gasteiger partial charge in [-0.15, -0.1) is 0 Å². The van der Waals surface area contributed by atoms with Crippen molar-refractivity contribution < 1.29 is 14.3 Å². The number of hydrogen-bond donors (Lipinski definition) is 0. The van der Waals surface area contributed by atoms with Crippen molar-refractivity contribution in [3.05, 3.63) is 54.1 Å². The highest BCUT2D eigenvalue weighted by atomic mass is 16.6. The molecule has 1 aliphatic carbocycles. The second kappa shape index (κ2) is 6.06. The van der Waals surface area contributed by atoms with Crippen molar-refractivity contribution in [2.45, 2.75) is 38.3 Å². The van der Waals surface area contributed by atoms with Crippen LogP contribution in [0.25, 0.3) is 0 Å². The Morgan fingerprint density at radius 1 is 1.42 bits per heavy atom. The largest absolute Gasteiger partial charge is 0.460 e. The lowest BCUT2D eigenvalue weighted by molar-refractivity contribution is -0.0129. The molecule has 1 saturated carbocycles. The molecule has 0 amide bonds. The minimum Gasteiger partial charge on any atom is -0.460 e. The number of carbonyl (C=O) groups excluding carboxylic acids is 1. The number of imidazole rings is 1. The van der Waals surface area contributed by atoms with Gasteiger partial charge < -0.3 is 14.0 Å². The SMILES string of the molecule is CC(c1ccccc1)n1cncc1C(=O)OCC1(C2CO2)CCC1. The van der Waals surface area contributed by atoms with Gasteiger partial charge in [-0.05, 0) is 25.3 Å². The Morgan fingerprint density at radius 3 is 2.79 bits per heavy atom. The van der Waals surface area contributed by atoms with Crippen LogP contribution >= 0.6 is 0 Å². The number of ether oxygens (including phenoxy) is 2. The zero-order valence-corrected chi connectivity index (χ0v) is 13.9. The van der Waals surface area contributed by atoms with E-state index in [0.717, 1.165) is 25.0 Å². The van der Waals surface area contributed by atoms with E-state index in [9.17, 15) is 4.79 Å². The third kappa shape index (κ3) is 2.73. The molecule has 5 heteroatoms. The summed E-state index contributed by atoms with van der Waals surface area (Å²) in [4.78, 5) is 16.7. The summed E-state index contributed by atoms with van der Waals surface area (Å²) >= 11 is 0. The van der Waals surface area contributed by atoms with E-state index < -0.39 is 0 Å². The lowest BCUT2D eigenvalue weighted by Crippen LogP contribution is -2.40. The Labute approximate surface area is 141 Å². The van der Waals surface area contributed by atoms with E-state index in [2.05, 4.69) is 11.9 Å². The van der Waals surface area contributed by atoms with Gasteiger partial charge in [-0.1, -0.05) is 36.8 Å². The first-order valence-corrected chi connectivity index (χ1v) is 8.55. The smallest absolute Gasteiger partial charge is 0.356 e. The summed E-state index contributed by atoms with van der Waals surface area (Å²) in [6, 6.07) is 10.1. The maximum Gasteiger partial charge on any atom is 0.356 e. The molecule has 1 saturated heterocycles. The number of carbonyl (C=O) groups is 1. The zero-order valence-electron chi connectivity index (χ0n) is 13.9. The number of benzene rings is 1. The van der Waals surface area contributed by atoms with E-state index in [0.29, 0.717) is 12.3 Å². The van der Waals surface area contributed by atoms with Gasteiger partial charge in [-0.2, -0.15) is 0 Å². The van der Waals surface area contributed by atoms with Crippen molar-refractivity contribution in [2.24, 2.45) is 5.41 Å². The van der Waals surface area contributed by atoms with Gasteiger partial charge in [0.05, 0.1) is 37.9 Å². The molecule has 1 aliphatic heterocycles. The summed E-state index contributed by atoms with van der Waals surface area (Å²) in [5, 5.41) is 0. The average molecular weight is 326 g/mol. The standard InChI is InChI=1S/C19H22N2O3/c1-14(15-6-3-2-4-7-15)21-13-20-10-16(21)18(22)24-12-19(8-5-9-19)17-11-23-17/h2-4,6-7,10,13-14,17H,5,8-9,11-12H2,1H3. The van der Waals surface area contributed by atoms with Crippen molar-refractivity contribution >= 4 is 5.97 Å².